The second-order valence-electron chi connectivity index (χ2n) is 8.06. The maximum absolute atomic E-state index is 12.9. The van der Waals surface area contributed by atoms with Gasteiger partial charge in [-0.1, -0.05) is 18.1 Å². The minimum atomic E-state index is -0.0135. The van der Waals surface area contributed by atoms with Crippen LogP contribution in [0.5, 0.6) is 0 Å². The van der Waals surface area contributed by atoms with Crippen LogP contribution in [0.25, 0.3) is 5.78 Å². The lowest BCUT2D eigenvalue weighted by Crippen LogP contribution is -2.41. The fourth-order valence-electron chi connectivity index (χ4n) is 4.57. The van der Waals surface area contributed by atoms with Crippen molar-refractivity contribution < 1.29 is 4.79 Å². The van der Waals surface area contributed by atoms with Crippen LogP contribution < -0.4 is 0 Å². The van der Waals surface area contributed by atoms with Gasteiger partial charge in [0.05, 0.1) is 5.69 Å². The van der Waals surface area contributed by atoms with Crippen LogP contribution in [0.1, 0.15) is 60.6 Å². The fourth-order valence-corrected chi connectivity index (χ4v) is 4.57. The second kappa shape index (κ2) is 7.33. The predicted molar refractivity (Wildman–Crippen MR) is 103 cm³/mol. The molecule has 1 aliphatic carbocycles. The van der Waals surface area contributed by atoms with E-state index < -0.39 is 0 Å². The summed E-state index contributed by atoms with van der Waals surface area (Å²) >= 11 is 0. The molecule has 8 nitrogen and oxygen atoms in total. The van der Waals surface area contributed by atoms with Gasteiger partial charge in [0, 0.05) is 50.3 Å². The van der Waals surface area contributed by atoms with Gasteiger partial charge in [-0.05, 0) is 37.7 Å². The Morgan fingerprint density at radius 1 is 1.14 bits per heavy atom. The monoisotopic (exact) mass is 379 g/mol. The molecule has 4 heterocycles. The Hall–Kier alpha value is -2.77. The molecular formula is C20H25N7O. The van der Waals surface area contributed by atoms with Crippen LogP contribution in [-0.4, -0.2) is 53.3 Å². The Labute approximate surface area is 163 Å². The van der Waals surface area contributed by atoms with E-state index in [-0.39, 0.29) is 5.91 Å². The molecule has 1 atom stereocenters. The highest BCUT2D eigenvalue weighted by Gasteiger charge is 2.27. The molecule has 3 aromatic rings. The van der Waals surface area contributed by atoms with Crippen molar-refractivity contribution in [3.05, 3.63) is 42.2 Å². The average molecular weight is 379 g/mol. The molecule has 0 N–H and O–H groups in total. The number of piperidine rings is 1. The van der Waals surface area contributed by atoms with Gasteiger partial charge < -0.3 is 4.90 Å². The number of amides is 1. The first-order valence-electron chi connectivity index (χ1n) is 10.3. The van der Waals surface area contributed by atoms with E-state index in [1.807, 2.05) is 21.8 Å². The van der Waals surface area contributed by atoms with E-state index in [9.17, 15) is 4.79 Å². The third-order valence-electron chi connectivity index (χ3n) is 6.04. The quantitative estimate of drug-likeness (QED) is 0.696. The topological polar surface area (TPSA) is 81.2 Å². The SMILES string of the molecule is O=C(c1cn2cccnc2n1)N1CCCC(Cn2cc(C3CCCC3)nn2)C1. The van der Waals surface area contributed by atoms with Gasteiger partial charge >= 0.3 is 0 Å². The first-order valence-corrected chi connectivity index (χ1v) is 10.3. The summed E-state index contributed by atoms with van der Waals surface area (Å²) < 4.78 is 3.76. The van der Waals surface area contributed by atoms with Crippen molar-refractivity contribution in [1.82, 2.24) is 34.3 Å². The zero-order valence-electron chi connectivity index (χ0n) is 15.9. The van der Waals surface area contributed by atoms with Crippen molar-refractivity contribution >= 4 is 11.7 Å². The number of hydrogen-bond acceptors (Lipinski definition) is 5. The van der Waals surface area contributed by atoms with Gasteiger partial charge in [0.2, 0.25) is 5.78 Å². The molecular weight excluding hydrogens is 354 g/mol. The minimum absolute atomic E-state index is 0.0135. The van der Waals surface area contributed by atoms with E-state index in [0.717, 1.165) is 38.2 Å². The van der Waals surface area contributed by atoms with Crippen molar-refractivity contribution in [3.63, 3.8) is 0 Å². The molecule has 2 fully saturated rings. The molecule has 8 heteroatoms. The first kappa shape index (κ1) is 17.3. The second-order valence-corrected chi connectivity index (χ2v) is 8.06. The first-order chi connectivity index (χ1) is 13.8. The molecule has 0 radical (unpaired) electrons. The van der Waals surface area contributed by atoms with E-state index in [4.69, 9.17) is 0 Å². The summed E-state index contributed by atoms with van der Waals surface area (Å²) in [5.74, 6) is 1.52. The lowest BCUT2D eigenvalue weighted by Gasteiger charge is -2.32. The molecule has 5 rings (SSSR count). The van der Waals surface area contributed by atoms with Crippen molar-refractivity contribution in [1.29, 1.82) is 0 Å². The Morgan fingerprint density at radius 3 is 2.89 bits per heavy atom. The number of fused-ring (bicyclic) bond motifs is 1. The van der Waals surface area contributed by atoms with E-state index in [0.29, 0.717) is 23.3 Å². The number of likely N-dealkylation sites (tertiary alicyclic amines) is 1. The third kappa shape index (κ3) is 3.39. The molecule has 1 amide bonds. The van der Waals surface area contributed by atoms with Crippen molar-refractivity contribution in [2.24, 2.45) is 5.92 Å². The Morgan fingerprint density at radius 2 is 2.04 bits per heavy atom. The number of nitrogens with zero attached hydrogens (tertiary/aromatic N) is 7. The highest BCUT2D eigenvalue weighted by atomic mass is 16.2. The number of hydrogen-bond donors (Lipinski definition) is 0. The van der Waals surface area contributed by atoms with Gasteiger partial charge in [-0.15, -0.1) is 5.10 Å². The molecule has 0 bridgehead atoms. The normalized spacial score (nSPS) is 20.9. The number of imidazole rings is 1. The lowest BCUT2D eigenvalue weighted by atomic mass is 9.97. The smallest absolute Gasteiger partial charge is 0.274 e. The van der Waals surface area contributed by atoms with E-state index in [1.165, 1.54) is 25.7 Å². The molecule has 1 saturated carbocycles. The molecule has 3 aromatic heterocycles. The standard InChI is InChI=1S/C20H25N7O/c28-19(18-13-26-10-4-8-21-20(26)22-18)25-9-3-5-15(11-25)12-27-14-17(23-24-27)16-6-1-2-7-16/h4,8,10,13-16H,1-3,5-7,9,11-12H2. The summed E-state index contributed by atoms with van der Waals surface area (Å²) in [5, 5.41) is 8.75. The van der Waals surface area contributed by atoms with Gasteiger partial charge in [0.15, 0.2) is 0 Å². The predicted octanol–water partition coefficient (Wildman–Crippen LogP) is 2.53. The van der Waals surface area contributed by atoms with Crippen LogP contribution in [0, 0.1) is 5.92 Å². The molecule has 0 aromatic carbocycles. The number of rotatable bonds is 4. The molecule has 28 heavy (non-hydrogen) atoms. The summed E-state index contributed by atoms with van der Waals surface area (Å²) in [4.78, 5) is 23.4. The van der Waals surface area contributed by atoms with E-state index >= 15 is 0 Å². The Kier molecular flexibility index (Phi) is 4.54. The minimum Gasteiger partial charge on any atom is -0.337 e. The number of carbonyl (C=O) groups is 1. The third-order valence-corrected chi connectivity index (χ3v) is 6.04. The average Bonchev–Trinajstić information content (AvgIpc) is 3.47. The largest absolute Gasteiger partial charge is 0.337 e. The summed E-state index contributed by atoms with van der Waals surface area (Å²) in [6.45, 7) is 2.33. The Bertz CT molecular complexity index is 939. The molecule has 1 unspecified atom stereocenters. The van der Waals surface area contributed by atoms with Gasteiger partial charge in [-0.25, -0.2) is 9.97 Å². The summed E-state index contributed by atoms with van der Waals surface area (Å²) in [5.41, 5.74) is 1.60. The van der Waals surface area contributed by atoms with Crippen molar-refractivity contribution in [2.45, 2.75) is 51.0 Å². The molecule has 0 spiro atoms. The highest BCUT2D eigenvalue weighted by molar-refractivity contribution is 5.92. The highest BCUT2D eigenvalue weighted by Crippen LogP contribution is 2.32. The maximum atomic E-state index is 12.9. The van der Waals surface area contributed by atoms with Crippen molar-refractivity contribution in [3.8, 4) is 0 Å². The summed E-state index contributed by atoms with van der Waals surface area (Å²) in [6.07, 6.45) is 14.6. The van der Waals surface area contributed by atoms with Gasteiger partial charge in [-0.3, -0.25) is 13.9 Å². The van der Waals surface area contributed by atoms with Crippen LogP contribution in [-0.2, 0) is 6.54 Å². The maximum Gasteiger partial charge on any atom is 0.274 e. The van der Waals surface area contributed by atoms with Crippen LogP contribution in [0.4, 0.5) is 0 Å². The number of carbonyl (C=O) groups excluding carboxylic acids is 1. The molecule has 1 saturated heterocycles. The Balaban J connectivity index is 1.25. The molecule has 2 aliphatic rings. The van der Waals surface area contributed by atoms with Gasteiger partial charge in [0.25, 0.3) is 5.91 Å². The zero-order valence-corrected chi connectivity index (χ0v) is 15.9. The van der Waals surface area contributed by atoms with E-state index in [2.05, 4.69) is 26.5 Å². The molecule has 1 aliphatic heterocycles. The van der Waals surface area contributed by atoms with Crippen LogP contribution in [0.2, 0.25) is 0 Å². The zero-order chi connectivity index (χ0) is 18.9. The van der Waals surface area contributed by atoms with Gasteiger partial charge in [-0.2, -0.15) is 0 Å². The van der Waals surface area contributed by atoms with Crippen LogP contribution in [0.3, 0.4) is 0 Å². The fraction of sp³-hybridized carbons (Fsp3) is 0.550. The number of aromatic nitrogens is 6. The van der Waals surface area contributed by atoms with Crippen LogP contribution >= 0.6 is 0 Å². The summed E-state index contributed by atoms with van der Waals surface area (Å²) in [6, 6.07) is 1.83. The van der Waals surface area contributed by atoms with Gasteiger partial charge in [0.1, 0.15) is 5.69 Å². The summed E-state index contributed by atoms with van der Waals surface area (Å²) in [7, 11) is 0. The molecule has 146 valence electrons. The van der Waals surface area contributed by atoms with E-state index in [1.54, 1.807) is 16.8 Å². The van der Waals surface area contributed by atoms with Crippen LogP contribution in [0.15, 0.2) is 30.9 Å². The van der Waals surface area contributed by atoms with Crippen molar-refractivity contribution in [2.75, 3.05) is 13.1 Å². The lowest BCUT2D eigenvalue weighted by molar-refractivity contribution is 0.0654.